The lowest BCUT2D eigenvalue weighted by atomic mass is 10.1. The average Bonchev–Trinajstić information content (AvgIpc) is 2.46. The molecule has 2 rings (SSSR count). The van der Waals surface area contributed by atoms with Gasteiger partial charge in [0.05, 0.1) is 6.04 Å². The second-order valence-electron chi connectivity index (χ2n) is 4.19. The smallest absolute Gasteiger partial charge is 0.119 e. The van der Waals surface area contributed by atoms with Crippen LogP contribution in [0.25, 0.3) is 0 Å². The highest BCUT2D eigenvalue weighted by molar-refractivity contribution is 5.29. The van der Waals surface area contributed by atoms with Gasteiger partial charge in [-0.25, -0.2) is 0 Å². The van der Waals surface area contributed by atoms with Crippen molar-refractivity contribution in [2.45, 2.75) is 19.6 Å². The summed E-state index contributed by atoms with van der Waals surface area (Å²) in [7, 11) is 0. The van der Waals surface area contributed by atoms with Crippen LogP contribution in [0, 0.1) is 0 Å². The quantitative estimate of drug-likeness (QED) is 0.792. The molecule has 18 heavy (non-hydrogen) atoms. The van der Waals surface area contributed by atoms with Crippen LogP contribution in [0.1, 0.15) is 24.1 Å². The van der Waals surface area contributed by atoms with Crippen LogP contribution in [0.4, 0.5) is 0 Å². The molecule has 94 valence electrons. The lowest BCUT2D eigenvalue weighted by molar-refractivity contribution is 0.133. The molecule has 0 aliphatic carbocycles. The third-order valence-corrected chi connectivity index (χ3v) is 2.82. The van der Waals surface area contributed by atoms with Crippen LogP contribution < -0.4 is 10.2 Å². The van der Waals surface area contributed by atoms with Crippen LogP contribution >= 0.6 is 0 Å². The Morgan fingerprint density at radius 2 is 1.72 bits per heavy atom. The molecule has 0 unspecified atom stereocenters. The van der Waals surface area contributed by atoms with E-state index in [4.69, 9.17) is 9.94 Å². The summed E-state index contributed by atoms with van der Waals surface area (Å²) in [5.74, 6) is 0.827. The van der Waals surface area contributed by atoms with Crippen molar-refractivity contribution in [3.05, 3.63) is 65.7 Å². The monoisotopic (exact) mass is 243 g/mol. The molecule has 2 aromatic carbocycles. The van der Waals surface area contributed by atoms with Gasteiger partial charge in [0.1, 0.15) is 12.4 Å². The first kappa shape index (κ1) is 12.6. The van der Waals surface area contributed by atoms with Gasteiger partial charge in [-0.15, -0.1) is 0 Å². The van der Waals surface area contributed by atoms with Crippen LogP contribution in [0.3, 0.4) is 0 Å². The highest BCUT2D eigenvalue weighted by Crippen LogP contribution is 2.18. The summed E-state index contributed by atoms with van der Waals surface area (Å²) in [5.41, 5.74) is 4.38. The molecular weight excluding hydrogens is 226 g/mol. The summed E-state index contributed by atoms with van der Waals surface area (Å²) in [4.78, 5) is 0. The zero-order valence-corrected chi connectivity index (χ0v) is 10.3. The van der Waals surface area contributed by atoms with E-state index in [1.165, 1.54) is 0 Å². The molecule has 2 aromatic rings. The van der Waals surface area contributed by atoms with Crippen LogP contribution in [-0.4, -0.2) is 5.21 Å². The van der Waals surface area contributed by atoms with E-state index in [-0.39, 0.29) is 6.04 Å². The topological polar surface area (TPSA) is 41.5 Å². The number of ether oxygens (including phenoxy) is 1. The lowest BCUT2D eigenvalue weighted by Gasteiger charge is -2.11. The van der Waals surface area contributed by atoms with E-state index in [1.54, 1.807) is 0 Å². The third kappa shape index (κ3) is 3.32. The van der Waals surface area contributed by atoms with Crippen molar-refractivity contribution in [2.24, 2.45) is 0 Å². The third-order valence-electron chi connectivity index (χ3n) is 2.82. The van der Waals surface area contributed by atoms with E-state index < -0.39 is 0 Å². The van der Waals surface area contributed by atoms with Gasteiger partial charge in [0.2, 0.25) is 0 Å². The van der Waals surface area contributed by atoms with E-state index in [0.29, 0.717) is 6.61 Å². The zero-order valence-electron chi connectivity index (χ0n) is 10.3. The van der Waals surface area contributed by atoms with Gasteiger partial charge in [-0.1, -0.05) is 42.5 Å². The Balaban J connectivity index is 1.94. The van der Waals surface area contributed by atoms with Gasteiger partial charge in [-0.2, -0.15) is 5.48 Å². The highest BCUT2D eigenvalue weighted by Gasteiger charge is 2.03. The summed E-state index contributed by atoms with van der Waals surface area (Å²) in [6.07, 6.45) is 0. The summed E-state index contributed by atoms with van der Waals surface area (Å²) in [5, 5.41) is 8.83. The van der Waals surface area contributed by atoms with Crippen molar-refractivity contribution in [3.8, 4) is 5.75 Å². The van der Waals surface area contributed by atoms with Crippen LogP contribution in [-0.2, 0) is 6.61 Å². The van der Waals surface area contributed by atoms with Crippen molar-refractivity contribution in [3.63, 3.8) is 0 Å². The second kappa shape index (κ2) is 6.19. The molecule has 0 spiro atoms. The minimum Gasteiger partial charge on any atom is -0.489 e. The highest BCUT2D eigenvalue weighted by atomic mass is 16.5. The van der Waals surface area contributed by atoms with Crippen LogP contribution in [0.5, 0.6) is 5.75 Å². The Morgan fingerprint density at radius 3 is 2.33 bits per heavy atom. The van der Waals surface area contributed by atoms with Gasteiger partial charge in [0, 0.05) is 0 Å². The van der Waals surface area contributed by atoms with E-state index in [2.05, 4.69) is 5.48 Å². The van der Waals surface area contributed by atoms with E-state index >= 15 is 0 Å². The Morgan fingerprint density at radius 1 is 1.06 bits per heavy atom. The molecule has 0 bridgehead atoms. The number of benzene rings is 2. The molecule has 3 nitrogen and oxygen atoms in total. The molecule has 3 heteroatoms. The largest absolute Gasteiger partial charge is 0.489 e. The average molecular weight is 243 g/mol. The number of hydrogen-bond donors (Lipinski definition) is 2. The molecule has 0 aliphatic heterocycles. The molecule has 0 radical (unpaired) electrons. The Kier molecular flexibility index (Phi) is 4.34. The van der Waals surface area contributed by atoms with Crippen molar-refractivity contribution in [2.75, 3.05) is 0 Å². The predicted molar refractivity (Wildman–Crippen MR) is 70.6 cm³/mol. The maximum Gasteiger partial charge on any atom is 0.119 e. The number of hydroxylamine groups is 1. The van der Waals surface area contributed by atoms with Gasteiger partial charge in [-0.3, -0.25) is 0 Å². The molecule has 0 amide bonds. The summed E-state index contributed by atoms with van der Waals surface area (Å²) < 4.78 is 5.68. The summed E-state index contributed by atoms with van der Waals surface area (Å²) in [6, 6.07) is 17.7. The lowest BCUT2D eigenvalue weighted by Crippen LogP contribution is -2.12. The molecule has 0 saturated carbocycles. The van der Waals surface area contributed by atoms with Crippen molar-refractivity contribution in [1.82, 2.24) is 5.48 Å². The van der Waals surface area contributed by atoms with Gasteiger partial charge in [-0.05, 0) is 30.2 Å². The summed E-state index contributed by atoms with van der Waals surface area (Å²) in [6.45, 7) is 2.45. The second-order valence-corrected chi connectivity index (χ2v) is 4.19. The van der Waals surface area contributed by atoms with Crippen LogP contribution in [0.15, 0.2) is 54.6 Å². The first-order chi connectivity index (χ1) is 8.79. The fourth-order valence-electron chi connectivity index (χ4n) is 1.67. The van der Waals surface area contributed by atoms with E-state index in [9.17, 15) is 0 Å². The number of nitrogens with one attached hydrogen (secondary N) is 1. The molecular formula is C15H17NO2. The minimum absolute atomic E-state index is 0.0758. The van der Waals surface area contributed by atoms with Crippen molar-refractivity contribution < 1.29 is 9.94 Å². The van der Waals surface area contributed by atoms with Gasteiger partial charge >= 0.3 is 0 Å². The zero-order chi connectivity index (χ0) is 12.8. The molecule has 1 atom stereocenters. The Hall–Kier alpha value is -1.84. The molecule has 0 saturated heterocycles. The van der Waals surface area contributed by atoms with Crippen LogP contribution in [0.2, 0.25) is 0 Å². The predicted octanol–water partition coefficient (Wildman–Crippen LogP) is 3.31. The van der Waals surface area contributed by atoms with Gasteiger partial charge < -0.3 is 9.94 Å². The maximum atomic E-state index is 8.83. The Bertz CT molecular complexity index is 468. The van der Waals surface area contributed by atoms with Gasteiger partial charge in [0.25, 0.3) is 0 Å². The molecule has 0 aliphatic rings. The summed E-state index contributed by atoms with van der Waals surface area (Å²) >= 11 is 0. The van der Waals surface area contributed by atoms with Crippen molar-refractivity contribution in [1.29, 1.82) is 0 Å². The normalized spacial score (nSPS) is 12.1. The van der Waals surface area contributed by atoms with Gasteiger partial charge in [0.15, 0.2) is 0 Å². The molecule has 2 N–H and O–H groups in total. The number of hydrogen-bond acceptors (Lipinski definition) is 3. The fraction of sp³-hybridized carbons (Fsp3) is 0.200. The van der Waals surface area contributed by atoms with E-state index in [0.717, 1.165) is 16.9 Å². The minimum atomic E-state index is -0.0758. The molecule has 0 fully saturated rings. The molecule has 0 aromatic heterocycles. The number of rotatable bonds is 5. The fourth-order valence-corrected chi connectivity index (χ4v) is 1.67. The van der Waals surface area contributed by atoms with Crippen molar-refractivity contribution >= 4 is 0 Å². The standard InChI is InChI=1S/C15H17NO2/c1-12(16-17)14-7-9-15(10-8-14)18-11-13-5-3-2-4-6-13/h2-10,12,16-17H,11H2,1H3/t12-/m1/s1. The molecule has 0 heterocycles. The maximum absolute atomic E-state index is 8.83. The Labute approximate surface area is 107 Å². The first-order valence-electron chi connectivity index (χ1n) is 5.96. The first-order valence-corrected chi connectivity index (χ1v) is 5.96. The van der Waals surface area contributed by atoms with E-state index in [1.807, 2.05) is 61.5 Å². The SMILES string of the molecule is C[C@@H](NO)c1ccc(OCc2ccccc2)cc1.